The monoisotopic (exact) mass is 282 g/mol. The summed E-state index contributed by atoms with van der Waals surface area (Å²) in [5.41, 5.74) is -4.21. The summed E-state index contributed by atoms with van der Waals surface area (Å²) in [4.78, 5) is 9.31. The lowest BCUT2D eigenvalue weighted by Crippen LogP contribution is -2.39. The molecule has 2 rings (SSSR count). The number of rotatable bonds is 3. The molecule has 1 N–H and O–H groups in total. The van der Waals surface area contributed by atoms with Crippen LogP contribution in [-0.4, -0.2) is 16.6 Å². The van der Waals surface area contributed by atoms with Crippen LogP contribution in [0, 0.1) is 21.7 Å². The summed E-state index contributed by atoms with van der Waals surface area (Å²) >= 11 is 0. The second-order valence-corrected chi connectivity index (χ2v) is 4.25. The number of hydrogen-bond donors (Lipinski definition) is 1. The smallest absolute Gasteiger partial charge is 0.367 e. The molecular formula is C10H7F5N2O2. The Morgan fingerprint density at radius 2 is 1.68 bits per heavy atom. The Balaban J connectivity index is 2.35. The second-order valence-electron chi connectivity index (χ2n) is 4.25. The lowest BCUT2D eigenvalue weighted by Gasteiger charge is -2.22. The maximum Gasteiger partial charge on any atom is 0.411 e. The fourth-order valence-electron chi connectivity index (χ4n) is 1.63. The van der Waals surface area contributed by atoms with Crippen LogP contribution in [0.25, 0.3) is 0 Å². The molecule has 0 saturated heterocycles. The molecule has 1 fully saturated rings. The molecule has 0 aliphatic heterocycles. The number of hydrogen-bond acceptors (Lipinski definition) is 3. The number of halogens is 5. The quantitative estimate of drug-likeness (QED) is 0.525. The molecule has 0 unspecified atom stereocenters. The molecular weight excluding hydrogens is 275 g/mol. The van der Waals surface area contributed by atoms with E-state index in [0.29, 0.717) is 12.1 Å². The van der Waals surface area contributed by atoms with Crippen molar-refractivity contribution in [3.8, 4) is 0 Å². The average molecular weight is 282 g/mol. The van der Waals surface area contributed by atoms with E-state index >= 15 is 0 Å². The minimum atomic E-state index is -4.65. The number of nitrogens with one attached hydrogen (secondary N) is 1. The van der Waals surface area contributed by atoms with Crippen LogP contribution >= 0.6 is 0 Å². The number of non-ortho nitro benzene ring substituents is 1. The van der Waals surface area contributed by atoms with E-state index < -0.39 is 39.6 Å². The Hall–Kier alpha value is -1.93. The third kappa shape index (κ3) is 2.32. The van der Waals surface area contributed by atoms with Gasteiger partial charge in [-0.05, 0) is 12.8 Å². The molecule has 0 heterocycles. The Kier molecular flexibility index (Phi) is 2.87. The maximum atomic E-state index is 13.4. The summed E-state index contributed by atoms with van der Waals surface area (Å²) < 4.78 is 64.8. The fourth-order valence-corrected chi connectivity index (χ4v) is 1.63. The van der Waals surface area contributed by atoms with Gasteiger partial charge in [-0.1, -0.05) is 0 Å². The molecule has 0 spiro atoms. The highest BCUT2D eigenvalue weighted by atomic mass is 19.4. The first kappa shape index (κ1) is 13.5. The first-order valence-electron chi connectivity index (χ1n) is 5.15. The summed E-state index contributed by atoms with van der Waals surface area (Å²) in [6, 6.07) is 0.746. The summed E-state index contributed by atoms with van der Waals surface area (Å²) in [6.07, 6.45) is -5.24. The number of nitro groups is 1. The minimum absolute atomic E-state index is 0.299. The molecule has 9 heteroatoms. The van der Waals surface area contributed by atoms with Gasteiger partial charge in [0.2, 0.25) is 0 Å². The van der Waals surface area contributed by atoms with Gasteiger partial charge in [-0.3, -0.25) is 10.1 Å². The molecule has 104 valence electrons. The van der Waals surface area contributed by atoms with E-state index in [1.807, 2.05) is 0 Å². The molecule has 1 aliphatic carbocycles. The zero-order valence-electron chi connectivity index (χ0n) is 9.22. The van der Waals surface area contributed by atoms with Crippen molar-refractivity contribution in [1.82, 2.24) is 0 Å². The molecule has 0 atom stereocenters. The van der Waals surface area contributed by atoms with Crippen molar-refractivity contribution < 1.29 is 26.9 Å². The summed E-state index contributed by atoms with van der Waals surface area (Å²) in [5.74, 6) is -2.86. The number of benzene rings is 1. The van der Waals surface area contributed by atoms with E-state index in [9.17, 15) is 32.1 Å². The number of anilines is 1. The molecule has 1 saturated carbocycles. The second kappa shape index (κ2) is 4.04. The van der Waals surface area contributed by atoms with Gasteiger partial charge in [-0.15, -0.1) is 0 Å². The summed E-state index contributed by atoms with van der Waals surface area (Å²) in [7, 11) is 0. The molecule has 0 bridgehead atoms. The van der Waals surface area contributed by atoms with Crippen LogP contribution in [0.15, 0.2) is 12.1 Å². The van der Waals surface area contributed by atoms with E-state index in [1.54, 1.807) is 5.32 Å². The fraction of sp³-hybridized carbons (Fsp3) is 0.400. The maximum absolute atomic E-state index is 13.4. The van der Waals surface area contributed by atoms with Crippen LogP contribution in [0.2, 0.25) is 0 Å². The van der Waals surface area contributed by atoms with Gasteiger partial charge in [0, 0.05) is 0 Å². The van der Waals surface area contributed by atoms with Crippen molar-refractivity contribution >= 4 is 11.4 Å². The largest absolute Gasteiger partial charge is 0.411 e. The number of alkyl halides is 3. The Morgan fingerprint density at radius 3 is 2.00 bits per heavy atom. The molecule has 0 amide bonds. The van der Waals surface area contributed by atoms with Crippen molar-refractivity contribution in [1.29, 1.82) is 0 Å². The van der Waals surface area contributed by atoms with Crippen LogP contribution in [0.3, 0.4) is 0 Å². The van der Waals surface area contributed by atoms with E-state index in [-0.39, 0.29) is 12.8 Å². The number of nitrogens with zero attached hydrogens (tertiary/aromatic N) is 1. The van der Waals surface area contributed by atoms with E-state index in [2.05, 4.69) is 0 Å². The van der Waals surface area contributed by atoms with Gasteiger partial charge in [-0.25, -0.2) is 8.78 Å². The predicted molar refractivity (Wildman–Crippen MR) is 54.7 cm³/mol. The molecule has 0 aromatic heterocycles. The zero-order chi connectivity index (χ0) is 14.4. The standard InChI is InChI=1S/C10H7F5N2O2/c11-6-3-5(17(18)19)4-7(12)8(6)16-9(1-2-9)10(13,14)15/h3-4,16H,1-2H2. The third-order valence-corrected chi connectivity index (χ3v) is 2.89. The first-order chi connectivity index (χ1) is 8.66. The van der Waals surface area contributed by atoms with Gasteiger partial charge in [0.15, 0.2) is 11.6 Å². The molecule has 19 heavy (non-hydrogen) atoms. The van der Waals surface area contributed by atoms with Crippen molar-refractivity contribution in [2.45, 2.75) is 24.6 Å². The van der Waals surface area contributed by atoms with Gasteiger partial charge < -0.3 is 5.32 Å². The number of nitro benzene ring substituents is 1. The Labute approximate surface area is 103 Å². The Bertz CT molecular complexity index is 516. The van der Waals surface area contributed by atoms with Crippen LogP contribution < -0.4 is 5.32 Å². The van der Waals surface area contributed by atoms with Crippen LogP contribution in [0.1, 0.15) is 12.8 Å². The van der Waals surface area contributed by atoms with Crippen molar-refractivity contribution in [3.05, 3.63) is 33.9 Å². The van der Waals surface area contributed by atoms with Crippen LogP contribution in [0.5, 0.6) is 0 Å². The van der Waals surface area contributed by atoms with Gasteiger partial charge in [-0.2, -0.15) is 13.2 Å². The van der Waals surface area contributed by atoms with Crippen molar-refractivity contribution in [3.63, 3.8) is 0 Å². The van der Waals surface area contributed by atoms with E-state index in [4.69, 9.17) is 0 Å². The van der Waals surface area contributed by atoms with Crippen molar-refractivity contribution in [2.24, 2.45) is 0 Å². The molecule has 0 radical (unpaired) electrons. The van der Waals surface area contributed by atoms with Gasteiger partial charge in [0.05, 0.1) is 17.1 Å². The molecule has 1 aliphatic rings. The molecule has 4 nitrogen and oxygen atoms in total. The topological polar surface area (TPSA) is 55.2 Å². The molecule has 1 aromatic carbocycles. The van der Waals surface area contributed by atoms with Gasteiger partial charge >= 0.3 is 6.18 Å². The van der Waals surface area contributed by atoms with E-state index in [0.717, 1.165) is 0 Å². The van der Waals surface area contributed by atoms with Crippen LogP contribution in [-0.2, 0) is 0 Å². The lowest BCUT2D eigenvalue weighted by molar-refractivity contribution is -0.385. The average Bonchev–Trinajstić information content (AvgIpc) is 3.03. The summed E-state index contributed by atoms with van der Waals surface area (Å²) in [6.45, 7) is 0. The normalized spacial score (nSPS) is 17.1. The van der Waals surface area contributed by atoms with Gasteiger partial charge in [0.25, 0.3) is 5.69 Å². The summed E-state index contributed by atoms with van der Waals surface area (Å²) in [5, 5.41) is 12.1. The zero-order valence-corrected chi connectivity index (χ0v) is 9.22. The third-order valence-electron chi connectivity index (χ3n) is 2.89. The predicted octanol–water partition coefficient (Wildman–Crippen LogP) is 3.38. The SMILES string of the molecule is O=[N+]([O-])c1cc(F)c(NC2(C(F)(F)F)CC2)c(F)c1. The van der Waals surface area contributed by atoms with Gasteiger partial charge in [0.1, 0.15) is 11.2 Å². The van der Waals surface area contributed by atoms with Crippen molar-refractivity contribution in [2.75, 3.05) is 5.32 Å². The molecule has 1 aromatic rings. The van der Waals surface area contributed by atoms with E-state index in [1.165, 1.54) is 0 Å². The first-order valence-corrected chi connectivity index (χ1v) is 5.15. The highest BCUT2D eigenvalue weighted by molar-refractivity contribution is 5.54. The highest BCUT2D eigenvalue weighted by Crippen LogP contribution is 2.51. The lowest BCUT2D eigenvalue weighted by atomic mass is 10.2. The van der Waals surface area contributed by atoms with Crippen LogP contribution in [0.4, 0.5) is 33.3 Å². The Morgan fingerprint density at radius 1 is 1.21 bits per heavy atom. The highest BCUT2D eigenvalue weighted by Gasteiger charge is 2.64. The minimum Gasteiger partial charge on any atom is -0.367 e.